The topological polar surface area (TPSA) is 6.48 Å². The van der Waals surface area contributed by atoms with Crippen molar-refractivity contribution in [2.45, 2.75) is 11.3 Å². The van der Waals surface area contributed by atoms with Crippen LogP contribution in [0.2, 0.25) is 0 Å². The molecule has 1 fully saturated rings. The van der Waals surface area contributed by atoms with E-state index < -0.39 is 0 Å². The molecule has 23 heavy (non-hydrogen) atoms. The summed E-state index contributed by atoms with van der Waals surface area (Å²) < 4.78 is 13.0. The van der Waals surface area contributed by atoms with Gasteiger partial charge in [0.1, 0.15) is 5.82 Å². The maximum absolute atomic E-state index is 13.0. The predicted octanol–water partition coefficient (Wildman–Crippen LogP) is 4.13. The van der Waals surface area contributed by atoms with Crippen LogP contribution in [0.4, 0.5) is 10.1 Å². The van der Waals surface area contributed by atoms with Crippen LogP contribution in [0, 0.1) is 5.82 Å². The number of anilines is 1. The number of piperazine rings is 1. The van der Waals surface area contributed by atoms with Crippen molar-refractivity contribution in [1.82, 2.24) is 4.90 Å². The Morgan fingerprint density at radius 2 is 1.57 bits per heavy atom. The maximum Gasteiger partial charge on any atom is 0.123 e. The Kier molecular flexibility index (Phi) is 5.94. The minimum atomic E-state index is -0.164. The van der Waals surface area contributed by atoms with Crippen molar-refractivity contribution in [2.75, 3.05) is 43.4 Å². The van der Waals surface area contributed by atoms with Crippen LogP contribution in [0.5, 0.6) is 0 Å². The molecule has 2 aromatic rings. The molecule has 1 aliphatic heterocycles. The maximum atomic E-state index is 13.0. The van der Waals surface area contributed by atoms with E-state index in [1.165, 1.54) is 17.1 Å². The Morgan fingerprint density at radius 1 is 0.870 bits per heavy atom. The van der Waals surface area contributed by atoms with Gasteiger partial charge < -0.3 is 4.90 Å². The third-order valence-corrected chi connectivity index (χ3v) is 5.29. The molecule has 0 radical (unpaired) electrons. The van der Waals surface area contributed by atoms with Gasteiger partial charge in [-0.15, -0.1) is 11.8 Å². The molecule has 0 aliphatic carbocycles. The summed E-state index contributed by atoms with van der Waals surface area (Å²) in [5, 5.41) is 0. The highest BCUT2D eigenvalue weighted by Gasteiger charge is 2.16. The van der Waals surface area contributed by atoms with E-state index in [4.69, 9.17) is 0 Å². The summed E-state index contributed by atoms with van der Waals surface area (Å²) in [6.07, 6.45) is 1.22. The fourth-order valence-corrected chi connectivity index (χ4v) is 3.74. The number of nitrogens with zero attached hydrogens (tertiary/aromatic N) is 2. The molecule has 0 atom stereocenters. The van der Waals surface area contributed by atoms with E-state index in [1.54, 1.807) is 12.1 Å². The van der Waals surface area contributed by atoms with Crippen LogP contribution in [0.3, 0.4) is 0 Å². The minimum Gasteiger partial charge on any atom is -0.369 e. The van der Waals surface area contributed by atoms with Gasteiger partial charge in [0.15, 0.2) is 0 Å². The molecule has 0 unspecified atom stereocenters. The average Bonchev–Trinajstić information content (AvgIpc) is 2.61. The molecule has 4 heteroatoms. The first-order chi connectivity index (χ1) is 11.3. The molecule has 2 nitrogen and oxygen atoms in total. The standard InChI is InChI=1S/C19H23FN2S/c20-17-7-9-18(10-8-17)22-14-12-21(13-15-22)11-4-16-23-19-5-2-1-3-6-19/h1-3,5-10H,4,11-16H2. The van der Waals surface area contributed by atoms with Crippen molar-refractivity contribution >= 4 is 17.4 Å². The summed E-state index contributed by atoms with van der Waals surface area (Å²) in [6, 6.07) is 17.4. The predicted molar refractivity (Wildman–Crippen MR) is 96.8 cm³/mol. The fourth-order valence-electron chi connectivity index (χ4n) is 2.88. The second-order valence-electron chi connectivity index (χ2n) is 5.82. The first-order valence-corrected chi connectivity index (χ1v) is 9.20. The van der Waals surface area contributed by atoms with E-state index in [0.29, 0.717) is 0 Å². The van der Waals surface area contributed by atoms with Gasteiger partial charge in [0, 0.05) is 36.8 Å². The first kappa shape index (κ1) is 16.3. The van der Waals surface area contributed by atoms with E-state index in [-0.39, 0.29) is 5.82 Å². The lowest BCUT2D eigenvalue weighted by atomic mass is 10.2. The van der Waals surface area contributed by atoms with Crippen molar-refractivity contribution in [3.8, 4) is 0 Å². The normalized spacial score (nSPS) is 15.8. The molecule has 0 saturated carbocycles. The van der Waals surface area contributed by atoms with Crippen molar-refractivity contribution in [1.29, 1.82) is 0 Å². The van der Waals surface area contributed by atoms with E-state index in [0.717, 1.165) is 38.4 Å². The quantitative estimate of drug-likeness (QED) is 0.581. The molecule has 0 spiro atoms. The molecule has 0 N–H and O–H groups in total. The largest absolute Gasteiger partial charge is 0.369 e. The van der Waals surface area contributed by atoms with Gasteiger partial charge in [-0.3, -0.25) is 4.90 Å². The number of halogens is 1. The molecular formula is C19H23FN2S. The number of hydrogen-bond donors (Lipinski definition) is 0. The Morgan fingerprint density at radius 3 is 2.26 bits per heavy atom. The number of hydrogen-bond acceptors (Lipinski definition) is 3. The zero-order valence-corrected chi connectivity index (χ0v) is 14.1. The zero-order chi connectivity index (χ0) is 15.9. The van der Waals surface area contributed by atoms with Crippen LogP contribution in [0.1, 0.15) is 6.42 Å². The molecule has 1 heterocycles. The van der Waals surface area contributed by atoms with Crippen molar-refractivity contribution in [3.05, 3.63) is 60.4 Å². The molecular weight excluding hydrogens is 307 g/mol. The molecule has 0 amide bonds. The highest BCUT2D eigenvalue weighted by Crippen LogP contribution is 2.19. The minimum absolute atomic E-state index is 0.164. The smallest absolute Gasteiger partial charge is 0.123 e. The second-order valence-corrected chi connectivity index (χ2v) is 6.99. The van der Waals surface area contributed by atoms with E-state index >= 15 is 0 Å². The average molecular weight is 330 g/mol. The van der Waals surface area contributed by atoms with Gasteiger partial charge in [-0.25, -0.2) is 4.39 Å². The Bertz CT molecular complexity index is 580. The fraction of sp³-hybridized carbons (Fsp3) is 0.368. The van der Waals surface area contributed by atoms with Crippen molar-refractivity contribution < 1.29 is 4.39 Å². The zero-order valence-electron chi connectivity index (χ0n) is 13.3. The first-order valence-electron chi connectivity index (χ1n) is 8.22. The van der Waals surface area contributed by atoms with Gasteiger partial charge >= 0.3 is 0 Å². The van der Waals surface area contributed by atoms with E-state index in [2.05, 4.69) is 40.1 Å². The molecule has 3 rings (SSSR count). The third-order valence-electron chi connectivity index (χ3n) is 4.19. The summed E-state index contributed by atoms with van der Waals surface area (Å²) in [5.74, 6) is 1.01. The Hall–Kier alpha value is -1.52. The summed E-state index contributed by atoms with van der Waals surface area (Å²) >= 11 is 1.94. The number of thioether (sulfide) groups is 1. The molecule has 0 aromatic heterocycles. The second kappa shape index (κ2) is 8.37. The van der Waals surface area contributed by atoms with Gasteiger partial charge in [0.25, 0.3) is 0 Å². The highest BCUT2D eigenvalue weighted by atomic mass is 32.2. The van der Waals surface area contributed by atoms with Gasteiger partial charge in [-0.1, -0.05) is 18.2 Å². The lowest BCUT2D eigenvalue weighted by molar-refractivity contribution is 0.259. The number of benzene rings is 2. The summed E-state index contributed by atoms with van der Waals surface area (Å²) in [4.78, 5) is 6.23. The van der Waals surface area contributed by atoms with Crippen molar-refractivity contribution in [2.24, 2.45) is 0 Å². The summed E-state index contributed by atoms with van der Waals surface area (Å²) in [5.41, 5.74) is 1.13. The van der Waals surface area contributed by atoms with Gasteiger partial charge in [0.2, 0.25) is 0 Å². The molecule has 122 valence electrons. The molecule has 1 aliphatic rings. The third kappa shape index (κ3) is 4.98. The van der Waals surface area contributed by atoms with Crippen LogP contribution >= 0.6 is 11.8 Å². The van der Waals surface area contributed by atoms with Gasteiger partial charge in [-0.2, -0.15) is 0 Å². The van der Waals surface area contributed by atoms with Crippen molar-refractivity contribution in [3.63, 3.8) is 0 Å². The SMILES string of the molecule is Fc1ccc(N2CCN(CCCSc3ccccc3)CC2)cc1. The molecule has 1 saturated heterocycles. The molecule has 2 aromatic carbocycles. The van der Waals surface area contributed by atoms with Crippen LogP contribution in [0.15, 0.2) is 59.5 Å². The van der Waals surface area contributed by atoms with E-state index in [1.807, 2.05) is 23.9 Å². The summed E-state index contributed by atoms with van der Waals surface area (Å²) in [6.45, 7) is 5.40. The molecule has 0 bridgehead atoms. The highest BCUT2D eigenvalue weighted by molar-refractivity contribution is 7.99. The van der Waals surface area contributed by atoms with Crippen LogP contribution < -0.4 is 4.90 Å². The van der Waals surface area contributed by atoms with Gasteiger partial charge in [-0.05, 0) is 55.1 Å². The van der Waals surface area contributed by atoms with Crippen LogP contribution in [-0.4, -0.2) is 43.4 Å². The number of rotatable bonds is 6. The van der Waals surface area contributed by atoms with Gasteiger partial charge in [0.05, 0.1) is 0 Å². The van der Waals surface area contributed by atoms with Crippen LogP contribution in [-0.2, 0) is 0 Å². The summed E-state index contributed by atoms with van der Waals surface area (Å²) in [7, 11) is 0. The van der Waals surface area contributed by atoms with Crippen LogP contribution in [0.25, 0.3) is 0 Å². The Balaban J connectivity index is 1.35. The lowest BCUT2D eigenvalue weighted by Gasteiger charge is -2.36. The lowest BCUT2D eigenvalue weighted by Crippen LogP contribution is -2.46. The monoisotopic (exact) mass is 330 g/mol. The Labute approximate surface area is 142 Å². The van der Waals surface area contributed by atoms with E-state index in [9.17, 15) is 4.39 Å².